The van der Waals surface area contributed by atoms with E-state index in [1.807, 2.05) is 25.1 Å². The van der Waals surface area contributed by atoms with Gasteiger partial charge in [0.05, 0.1) is 6.07 Å². The highest BCUT2D eigenvalue weighted by Gasteiger charge is 2.09. The van der Waals surface area contributed by atoms with Crippen LogP contribution in [0.5, 0.6) is 0 Å². The summed E-state index contributed by atoms with van der Waals surface area (Å²) in [6, 6.07) is 18.5. The standard InChI is InChI=1S/C17H18N2/c1-13-6-8-15(9-7-13)12-19-17(11-18)16-5-3-4-14(2)10-16/h3-10,17,19H,12H2,1-2H3. The van der Waals surface area contributed by atoms with Crippen LogP contribution >= 0.6 is 0 Å². The van der Waals surface area contributed by atoms with E-state index < -0.39 is 0 Å². The molecule has 96 valence electrons. The number of rotatable bonds is 4. The zero-order valence-corrected chi connectivity index (χ0v) is 11.4. The summed E-state index contributed by atoms with van der Waals surface area (Å²) in [6.07, 6.45) is 0. The zero-order valence-electron chi connectivity index (χ0n) is 11.4. The number of hydrogen-bond acceptors (Lipinski definition) is 2. The molecule has 1 unspecified atom stereocenters. The molecule has 0 aromatic heterocycles. The molecular weight excluding hydrogens is 232 g/mol. The molecule has 0 amide bonds. The third kappa shape index (κ3) is 3.67. The number of benzene rings is 2. The summed E-state index contributed by atoms with van der Waals surface area (Å²) in [5, 5.41) is 12.6. The zero-order chi connectivity index (χ0) is 13.7. The largest absolute Gasteiger partial charge is 0.294 e. The highest BCUT2D eigenvalue weighted by Crippen LogP contribution is 2.14. The Balaban J connectivity index is 2.04. The van der Waals surface area contributed by atoms with Crippen LogP contribution in [0, 0.1) is 25.2 Å². The van der Waals surface area contributed by atoms with E-state index in [9.17, 15) is 5.26 Å². The van der Waals surface area contributed by atoms with Gasteiger partial charge in [-0.1, -0.05) is 59.7 Å². The SMILES string of the molecule is Cc1ccc(CNC(C#N)c2cccc(C)c2)cc1. The van der Waals surface area contributed by atoms with E-state index in [0.29, 0.717) is 6.54 Å². The highest BCUT2D eigenvalue weighted by molar-refractivity contribution is 5.29. The number of nitrogens with zero attached hydrogens (tertiary/aromatic N) is 1. The minimum Gasteiger partial charge on any atom is -0.294 e. The van der Waals surface area contributed by atoms with Crippen molar-refractivity contribution in [2.24, 2.45) is 0 Å². The van der Waals surface area contributed by atoms with Crippen LogP contribution in [0.1, 0.15) is 28.3 Å². The molecule has 2 aromatic rings. The lowest BCUT2D eigenvalue weighted by atomic mass is 10.0. The summed E-state index contributed by atoms with van der Waals surface area (Å²) < 4.78 is 0. The molecule has 1 N–H and O–H groups in total. The van der Waals surface area contributed by atoms with Gasteiger partial charge in [0.2, 0.25) is 0 Å². The van der Waals surface area contributed by atoms with Gasteiger partial charge in [-0.25, -0.2) is 0 Å². The highest BCUT2D eigenvalue weighted by atomic mass is 14.9. The maximum atomic E-state index is 9.28. The normalized spacial score (nSPS) is 11.8. The Morgan fingerprint density at radius 3 is 2.42 bits per heavy atom. The van der Waals surface area contributed by atoms with E-state index in [-0.39, 0.29) is 6.04 Å². The van der Waals surface area contributed by atoms with Crippen molar-refractivity contribution in [3.8, 4) is 6.07 Å². The molecule has 0 heterocycles. The smallest absolute Gasteiger partial charge is 0.121 e. The van der Waals surface area contributed by atoms with Crippen LogP contribution in [0.25, 0.3) is 0 Å². The van der Waals surface area contributed by atoms with Crippen LogP contribution in [0.15, 0.2) is 48.5 Å². The van der Waals surface area contributed by atoms with Crippen LogP contribution in [-0.4, -0.2) is 0 Å². The van der Waals surface area contributed by atoms with Crippen molar-refractivity contribution in [3.63, 3.8) is 0 Å². The number of aryl methyl sites for hydroxylation is 2. The van der Waals surface area contributed by atoms with Crippen molar-refractivity contribution in [2.75, 3.05) is 0 Å². The second-order valence-corrected chi connectivity index (χ2v) is 4.84. The molecule has 2 rings (SSSR count). The number of nitrogens with one attached hydrogen (secondary N) is 1. The second-order valence-electron chi connectivity index (χ2n) is 4.84. The first-order valence-electron chi connectivity index (χ1n) is 6.44. The first-order chi connectivity index (χ1) is 9.19. The van der Waals surface area contributed by atoms with Gasteiger partial charge in [0.25, 0.3) is 0 Å². The first-order valence-corrected chi connectivity index (χ1v) is 6.44. The summed E-state index contributed by atoms with van der Waals surface area (Å²) in [7, 11) is 0. The average molecular weight is 250 g/mol. The first kappa shape index (κ1) is 13.3. The van der Waals surface area contributed by atoms with Crippen LogP contribution in [0.3, 0.4) is 0 Å². The van der Waals surface area contributed by atoms with E-state index in [1.54, 1.807) is 0 Å². The quantitative estimate of drug-likeness (QED) is 0.899. The van der Waals surface area contributed by atoms with E-state index in [4.69, 9.17) is 0 Å². The maximum Gasteiger partial charge on any atom is 0.121 e. The van der Waals surface area contributed by atoms with Gasteiger partial charge >= 0.3 is 0 Å². The summed E-state index contributed by atoms with van der Waals surface area (Å²) in [6.45, 7) is 4.81. The predicted molar refractivity (Wildman–Crippen MR) is 77.6 cm³/mol. The Bertz CT molecular complexity index is 579. The van der Waals surface area contributed by atoms with Crippen molar-refractivity contribution in [3.05, 3.63) is 70.8 Å². The molecule has 1 atom stereocenters. The lowest BCUT2D eigenvalue weighted by molar-refractivity contribution is 0.630. The lowest BCUT2D eigenvalue weighted by Gasteiger charge is -2.12. The van der Waals surface area contributed by atoms with Crippen LogP contribution < -0.4 is 5.32 Å². The molecule has 0 aliphatic rings. The van der Waals surface area contributed by atoms with Gasteiger partial charge < -0.3 is 0 Å². The molecule has 0 aliphatic carbocycles. The van der Waals surface area contributed by atoms with Crippen LogP contribution in [-0.2, 0) is 6.54 Å². The van der Waals surface area contributed by atoms with Crippen molar-refractivity contribution >= 4 is 0 Å². The van der Waals surface area contributed by atoms with Gasteiger partial charge in [0.1, 0.15) is 6.04 Å². The molecule has 0 aliphatic heterocycles. The summed E-state index contributed by atoms with van der Waals surface area (Å²) in [5.41, 5.74) is 4.64. The fraction of sp³-hybridized carbons (Fsp3) is 0.235. The summed E-state index contributed by atoms with van der Waals surface area (Å²) >= 11 is 0. The summed E-state index contributed by atoms with van der Waals surface area (Å²) in [5.74, 6) is 0. The van der Waals surface area contributed by atoms with Crippen LogP contribution in [0.4, 0.5) is 0 Å². The maximum absolute atomic E-state index is 9.28. The van der Waals surface area contributed by atoms with Crippen molar-refractivity contribution in [1.29, 1.82) is 5.26 Å². The average Bonchev–Trinajstić information content (AvgIpc) is 2.42. The Hall–Kier alpha value is -2.11. The van der Waals surface area contributed by atoms with Gasteiger partial charge in [-0.05, 0) is 25.0 Å². The minimum absolute atomic E-state index is 0.263. The molecule has 0 radical (unpaired) electrons. The molecule has 19 heavy (non-hydrogen) atoms. The Morgan fingerprint density at radius 1 is 1.05 bits per heavy atom. The molecule has 2 aromatic carbocycles. The number of nitriles is 1. The van der Waals surface area contributed by atoms with Gasteiger partial charge in [-0.2, -0.15) is 5.26 Å². The third-order valence-electron chi connectivity index (χ3n) is 3.14. The fourth-order valence-corrected chi connectivity index (χ4v) is 2.01. The van der Waals surface area contributed by atoms with E-state index in [1.165, 1.54) is 16.7 Å². The third-order valence-corrected chi connectivity index (χ3v) is 3.14. The fourth-order valence-electron chi connectivity index (χ4n) is 2.01. The monoisotopic (exact) mass is 250 g/mol. The molecule has 0 saturated heterocycles. The van der Waals surface area contributed by atoms with Crippen molar-refractivity contribution in [2.45, 2.75) is 26.4 Å². The van der Waals surface area contributed by atoms with Crippen LogP contribution in [0.2, 0.25) is 0 Å². The second kappa shape index (κ2) is 6.17. The molecular formula is C17H18N2. The van der Waals surface area contributed by atoms with E-state index >= 15 is 0 Å². The molecule has 0 spiro atoms. The Labute approximate surface area is 114 Å². The summed E-state index contributed by atoms with van der Waals surface area (Å²) in [4.78, 5) is 0. The van der Waals surface area contributed by atoms with Gasteiger partial charge in [0.15, 0.2) is 0 Å². The Morgan fingerprint density at radius 2 is 1.79 bits per heavy atom. The predicted octanol–water partition coefficient (Wildman–Crippen LogP) is 3.66. The molecule has 0 fully saturated rings. The van der Waals surface area contributed by atoms with E-state index in [2.05, 4.69) is 48.6 Å². The minimum atomic E-state index is -0.263. The van der Waals surface area contributed by atoms with Gasteiger partial charge in [-0.3, -0.25) is 5.32 Å². The molecule has 0 bridgehead atoms. The molecule has 0 saturated carbocycles. The molecule has 2 nitrogen and oxygen atoms in total. The number of hydrogen-bond donors (Lipinski definition) is 1. The van der Waals surface area contributed by atoms with Crippen molar-refractivity contribution < 1.29 is 0 Å². The van der Waals surface area contributed by atoms with Gasteiger partial charge in [0, 0.05) is 6.54 Å². The van der Waals surface area contributed by atoms with E-state index in [0.717, 1.165) is 5.56 Å². The lowest BCUT2D eigenvalue weighted by Crippen LogP contribution is -2.19. The molecule has 2 heteroatoms. The Kier molecular flexibility index (Phi) is 4.33. The van der Waals surface area contributed by atoms with Crippen molar-refractivity contribution in [1.82, 2.24) is 5.32 Å². The van der Waals surface area contributed by atoms with Gasteiger partial charge in [-0.15, -0.1) is 0 Å². The topological polar surface area (TPSA) is 35.8 Å².